The number of hydrogen-bond donors (Lipinski definition) is 1. The Morgan fingerprint density at radius 2 is 2.00 bits per heavy atom. The van der Waals surface area contributed by atoms with E-state index in [1.807, 2.05) is 12.1 Å². The van der Waals surface area contributed by atoms with Gasteiger partial charge in [-0.05, 0) is 61.0 Å². The minimum absolute atomic E-state index is 0.0431. The van der Waals surface area contributed by atoms with E-state index in [0.29, 0.717) is 17.3 Å². The molecule has 0 radical (unpaired) electrons. The second-order valence-corrected chi connectivity index (χ2v) is 7.05. The van der Waals surface area contributed by atoms with Crippen LogP contribution in [-0.2, 0) is 6.54 Å². The van der Waals surface area contributed by atoms with Gasteiger partial charge in [0.05, 0.1) is 10.7 Å². The molecule has 0 amide bonds. The SMILES string of the molecule is CC(C)(C)NCc1ccncc1Oc1ccc(Cl)cc1Br. The first-order valence-corrected chi connectivity index (χ1v) is 7.83. The maximum atomic E-state index is 5.95. The molecule has 0 saturated carbocycles. The highest BCUT2D eigenvalue weighted by Gasteiger charge is 2.12. The van der Waals surface area contributed by atoms with Crippen molar-refractivity contribution >= 4 is 27.5 Å². The van der Waals surface area contributed by atoms with Gasteiger partial charge in [-0.1, -0.05) is 11.6 Å². The lowest BCUT2D eigenvalue weighted by Crippen LogP contribution is -2.35. The third-order valence-electron chi connectivity index (χ3n) is 2.79. The molecule has 2 rings (SSSR count). The summed E-state index contributed by atoms with van der Waals surface area (Å²) in [5.74, 6) is 1.45. The van der Waals surface area contributed by atoms with Gasteiger partial charge in [0.1, 0.15) is 11.5 Å². The van der Waals surface area contributed by atoms with Crippen molar-refractivity contribution in [2.75, 3.05) is 0 Å². The molecule has 1 N–H and O–H groups in total. The lowest BCUT2D eigenvalue weighted by atomic mass is 10.1. The van der Waals surface area contributed by atoms with Gasteiger partial charge in [-0.25, -0.2) is 0 Å². The van der Waals surface area contributed by atoms with Gasteiger partial charge in [-0.2, -0.15) is 0 Å². The molecule has 21 heavy (non-hydrogen) atoms. The zero-order valence-electron chi connectivity index (χ0n) is 12.3. The third-order valence-corrected chi connectivity index (χ3v) is 3.65. The van der Waals surface area contributed by atoms with Gasteiger partial charge in [-0.15, -0.1) is 0 Å². The van der Waals surface area contributed by atoms with Crippen LogP contribution < -0.4 is 10.1 Å². The molecule has 0 spiro atoms. The van der Waals surface area contributed by atoms with Crippen molar-refractivity contribution in [1.82, 2.24) is 10.3 Å². The van der Waals surface area contributed by atoms with Crippen LogP contribution in [0.1, 0.15) is 26.3 Å². The summed E-state index contributed by atoms with van der Waals surface area (Å²) in [4.78, 5) is 4.14. The van der Waals surface area contributed by atoms with E-state index in [-0.39, 0.29) is 5.54 Å². The Hall–Kier alpha value is -1.10. The van der Waals surface area contributed by atoms with Gasteiger partial charge < -0.3 is 10.1 Å². The molecule has 2 aromatic rings. The van der Waals surface area contributed by atoms with Gasteiger partial charge in [0.2, 0.25) is 0 Å². The number of ether oxygens (including phenoxy) is 1. The van der Waals surface area contributed by atoms with Crippen molar-refractivity contribution in [3.8, 4) is 11.5 Å². The average molecular weight is 370 g/mol. The van der Waals surface area contributed by atoms with Gasteiger partial charge >= 0.3 is 0 Å². The second-order valence-electron chi connectivity index (χ2n) is 5.76. The average Bonchev–Trinajstić information content (AvgIpc) is 2.40. The largest absolute Gasteiger partial charge is 0.454 e. The number of rotatable bonds is 4. The zero-order valence-corrected chi connectivity index (χ0v) is 14.6. The molecule has 0 aliphatic heterocycles. The first kappa shape index (κ1) is 16.3. The third kappa shape index (κ3) is 4.99. The van der Waals surface area contributed by atoms with Crippen LogP contribution in [0.3, 0.4) is 0 Å². The number of aromatic nitrogens is 1. The number of benzene rings is 1. The molecule has 1 aromatic carbocycles. The zero-order chi connectivity index (χ0) is 15.5. The number of pyridine rings is 1. The highest BCUT2D eigenvalue weighted by atomic mass is 79.9. The predicted octanol–water partition coefficient (Wildman–Crippen LogP) is 5.18. The molecule has 0 aliphatic rings. The summed E-state index contributed by atoms with van der Waals surface area (Å²) in [7, 11) is 0. The molecule has 1 aromatic heterocycles. The maximum absolute atomic E-state index is 5.95. The topological polar surface area (TPSA) is 34.2 Å². The number of nitrogens with one attached hydrogen (secondary N) is 1. The number of nitrogens with zero attached hydrogens (tertiary/aromatic N) is 1. The molecule has 0 saturated heterocycles. The van der Waals surface area contributed by atoms with Gasteiger partial charge in [0, 0.05) is 28.9 Å². The van der Waals surface area contributed by atoms with Crippen LogP contribution in [0.15, 0.2) is 41.1 Å². The fraction of sp³-hybridized carbons (Fsp3) is 0.312. The van der Waals surface area contributed by atoms with E-state index < -0.39 is 0 Å². The predicted molar refractivity (Wildman–Crippen MR) is 90.1 cm³/mol. The molecular formula is C16H18BrClN2O. The summed E-state index contributed by atoms with van der Waals surface area (Å²) >= 11 is 9.40. The summed E-state index contributed by atoms with van der Waals surface area (Å²) in [5.41, 5.74) is 1.10. The monoisotopic (exact) mass is 368 g/mol. The summed E-state index contributed by atoms with van der Waals surface area (Å²) in [6.45, 7) is 7.10. The molecule has 3 nitrogen and oxygen atoms in total. The van der Waals surface area contributed by atoms with Crippen molar-refractivity contribution in [3.05, 3.63) is 51.7 Å². The van der Waals surface area contributed by atoms with Crippen LogP contribution in [-0.4, -0.2) is 10.5 Å². The van der Waals surface area contributed by atoms with E-state index >= 15 is 0 Å². The molecule has 1 heterocycles. The molecule has 0 atom stereocenters. The van der Waals surface area contributed by atoms with Crippen molar-refractivity contribution < 1.29 is 4.74 Å². The summed E-state index contributed by atoms with van der Waals surface area (Å²) < 4.78 is 6.77. The first-order chi connectivity index (χ1) is 9.85. The van der Waals surface area contributed by atoms with Crippen molar-refractivity contribution in [2.45, 2.75) is 32.9 Å². The minimum Gasteiger partial charge on any atom is -0.454 e. The van der Waals surface area contributed by atoms with Crippen molar-refractivity contribution in [1.29, 1.82) is 0 Å². The van der Waals surface area contributed by atoms with E-state index in [9.17, 15) is 0 Å². The quantitative estimate of drug-likeness (QED) is 0.806. The van der Waals surface area contributed by atoms with Gasteiger partial charge in [0.15, 0.2) is 0 Å². The Kier molecular flexibility index (Phi) is 5.25. The Morgan fingerprint density at radius 1 is 1.24 bits per heavy atom. The number of hydrogen-bond acceptors (Lipinski definition) is 3. The smallest absolute Gasteiger partial charge is 0.150 e. The minimum atomic E-state index is 0.0431. The molecule has 0 unspecified atom stereocenters. The van der Waals surface area contributed by atoms with Crippen LogP contribution in [0.2, 0.25) is 5.02 Å². The highest BCUT2D eigenvalue weighted by Crippen LogP contribution is 2.33. The molecule has 0 bridgehead atoms. The van der Waals surface area contributed by atoms with Crippen LogP contribution in [0.4, 0.5) is 0 Å². The van der Waals surface area contributed by atoms with E-state index in [1.165, 1.54) is 0 Å². The standard InChI is InChI=1S/C16H18BrClN2O/c1-16(2,3)20-9-11-6-7-19-10-15(11)21-14-5-4-12(18)8-13(14)17/h4-8,10,20H,9H2,1-3H3. The van der Waals surface area contributed by atoms with Crippen molar-refractivity contribution in [2.24, 2.45) is 0 Å². The molecule has 112 valence electrons. The second kappa shape index (κ2) is 6.77. The normalized spacial score (nSPS) is 11.5. The molecule has 5 heteroatoms. The summed E-state index contributed by atoms with van der Waals surface area (Å²) in [6, 6.07) is 7.39. The first-order valence-electron chi connectivity index (χ1n) is 6.66. The van der Waals surface area contributed by atoms with Gasteiger partial charge in [0.25, 0.3) is 0 Å². The molecular weight excluding hydrogens is 352 g/mol. The van der Waals surface area contributed by atoms with E-state index in [2.05, 4.69) is 47.0 Å². The Morgan fingerprint density at radius 3 is 2.67 bits per heavy atom. The summed E-state index contributed by atoms with van der Waals surface area (Å²) in [6.07, 6.45) is 3.49. The van der Waals surface area contributed by atoms with Crippen LogP contribution in [0.5, 0.6) is 11.5 Å². The Bertz CT molecular complexity index is 626. The maximum Gasteiger partial charge on any atom is 0.150 e. The van der Waals surface area contributed by atoms with Crippen molar-refractivity contribution in [3.63, 3.8) is 0 Å². The van der Waals surface area contributed by atoms with Crippen LogP contribution in [0, 0.1) is 0 Å². The lowest BCUT2D eigenvalue weighted by molar-refractivity contribution is 0.413. The summed E-state index contributed by atoms with van der Waals surface area (Å²) in [5, 5.41) is 4.11. The Balaban J connectivity index is 2.20. The van der Waals surface area contributed by atoms with Gasteiger partial charge in [-0.3, -0.25) is 4.98 Å². The Labute approximate surface area is 138 Å². The molecule has 0 aliphatic carbocycles. The van der Waals surface area contributed by atoms with E-state index in [1.54, 1.807) is 24.5 Å². The fourth-order valence-corrected chi connectivity index (χ4v) is 2.45. The lowest BCUT2D eigenvalue weighted by Gasteiger charge is -2.21. The van der Waals surface area contributed by atoms with E-state index in [0.717, 1.165) is 15.8 Å². The van der Waals surface area contributed by atoms with E-state index in [4.69, 9.17) is 16.3 Å². The number of halogens is 2. The van der Waals surface area contributed by atoms with Crippen LogP contribution >= 0.6 is 27.5 Å². The fourth-order valence-electron chi connectivity index (χ4n) is 1.68. The molecule has 0 fully saturated rings. The van der Waals surface area contributed by atoms with Crippen LogP contribution in [0.25, 0.3) is 0 Å². The highest BCUT2D eigenvalue weighted by molar-refractivity contribution is 9.10.